The predicted molar refractivity (Wildman–Crippen MR) is 85.3 cm³/mol. The van der Waals surface area contributed by atoms with E-state index in [0.717, 1.165) is 11.1 Å². The van der Waals surface area contributed by atoms with Gasteiger partial charge in [-0.1, -0.05) is 36.8 Å². The Labute approximate surface area is 132 Å². The lowest BCUT2D eigenvalue weighted by Crippen LogP contribution is -2.31. The smallest absolute Gasteiger partial charge is 0.345 e. The molecule has 0 atom stereocenters. The average molecular weight is 306 g/mol. The van der Waals surface area contributed by atoms with Gasteiger partial charge in [0, 0.05) is 0 Å². The van der Waals surface area contributed by atoms with E-state index in [2.05, 4.69) is 0 Å². The number of hydrogen-bond acceptors (Lipinski definition) is 4. The van der Waals surface area contributed by atoms with E-state index in [1.54, 1.807) is 13.8 Å². The van der Waals surface area contributed by atoms with E-state index in [0.29, 0.717) is 6.42 Å². The van der Waals surface area contributed by atoms with Gasteiger partial charge in [0.25, 0.3) is 0 Å². The number of carbonyl (C=O) groups is 2. The molecule has 0 saturated heterocycles. The molecule has 0 amide bonds. The first-order chi connectivity index (χ1) is 10.1. The highest BCUT2D eigenvalue weighted by Gasteiger charge is 2.29. The van der Waals surface area contributed by atoms with Gasteiger partial charge in [-0.05, 0) is 46.6 Å². The van der Waals surface area contributed by atoms with Gasteiger partial charge in [0.2, 0.25) is 0 Å². The van der Waals surface area contributed by atoms with Crippen molar-refractivity contribution in [2.24, 2.45) is 5.41 Å². The minimum absolute atomic E-state index is 0.364. The highest BCUT2D eigenvalue weighted by atomic mass is 16.6. The van der Waals surface area contributed by atoms with Crippen LogP contribution < -0.4 is 0 Å². The van der Waals surface area contributed by atoms with Crippen LogP contribution in [0.2, 0.25) is 0 Å². The van der Waals surface area contributed by atoms with Gasteiger partial charge in [-0.3, -0.25) is 4.79 Å². The zero-order chi connectivity index (χ0) is 17.0. The molecule has 1 aromatic carbocycles. The molecule has 1 rings (SSSR count). The molecule has 0 aliphatic heterocycles. The molecule has 4 nitrogen and oxygen atoms in total. The Balaban J connectivity index is 2.61. The number of ether oxygens (including phenoxy) is 2. The molecule has 0 bridgehead atoms. The maximum atomic E-state index is 11.9. The van der Waals surface area contributed by atoms with Crippen molar-refractivity contribution in [2.75, 3.05) is 6.61 Å². The van der Waals surface area contributed by atoms with Gasteiger partial charge in [-0.25, -0.2) is 4.79 Å². The number of esters is 2. The van der Waals surface area contributed by atoms with Crippen molar-refractivity contribution >= 4 is 11.9 Å². The van der Waals surface area contributed by atoms with Crippen LogP contribution >= 0.6 is 0 Å². The van der Waals surface area contributed by atoms with E-state index >= 15 is 0 Å². The standard InChI is InChI=1S/C18H26O4/c1-7-17(3,4)16(20)21-12-15(19)22-18(5,6)14-10-8-13(2)9-11-14/h8-11H,7,12H2,1-6H3. The lowest BCUT2D eigenvalue weighted by Gasteiger charge is -2.26. The summed E-state index contributed by atoms with van der Waals surface area (Å²) in [5.41, 5.74) is 0.679. The minimum atomic E-state index is -0.766. The Morgan fingerprint density at radius 2 is 1.59 bits per heavy atom. The topological polar surface area (TPSA) is 52.6 Å². The molecule has 0 unspecified atom stereocenters. The highest BCUT2D eigenvalue weighted by Crippen LogP contribution is 2.25. The van der Waals surface area contributed by atoms with Crippen molar-refractivity contribution in [1.82, 2.24) is 0 Å². The SMILES string of the molecule is CCC(C)(C)C(=O)OCC(=O)OC(C)(C)c1ccc(C)cc1. The molecule has 1 aromatic rings. The largest absolute Gasteiger partial charge is 0.453 e. The second-order valence-electron chi connectivity index (χ2n) is 6.66. The zero-order valence-corrected chi connectivity index (χ0v) is 14.4. The fourth-order valence-electron chi connectivity index (χ4n) is 1.79. The fourth-order valence-corrected chi connectivity index (χ4v) is 1.79. The Kier molecular flexibility index (Phi) is 5.75. The van der Waals surface area contributed by atoms with Crippen LogP contribution in [0.4, 0.5) is 0 Å². The normalized spacial score (nSPS) is 11.9. The molecule has 0 radical (unpaired) electrons. The highest BCUT2D eigenvalue weighted by molar-refractivity contribution is 5.80. The summed E-state index contributed by atoms with van der Waals surface area (Å²) in [5, 5.41) is 0. The summed E-state index contributed by atoms with van der Waals surface area (Å²) >= 11 is 0. The second kappa shape index (κ2) is 6.95. The Morgan fingerprint density at radius 3 is 2.09 bits per heavy atom. The van der Waals surface area contributed by atoms with Crippen LogP contribution in [0, 0.1) is 12.3 Å². The van der Waals surface area contributed by atoms with E-state index in [9.17, 15) is 9.59 Å². The van der Waals surface area contributed by atoms with Gasteiger partial charge < -0.3 is 9.47 Å². The third-order valence-electron chi connectivity index (χ3n) is 3.87. The summed E-state index contributed by atoms with van der Waals surface area (Å²) in [6.07, 6.45) is 0.649. The zero-order valence-electron chi connectivity index (χ0n) is 14.4. The predicted octanol–water partition coefficient (Wildman–Crippen LogP) is 3.75. The monoisotopic (exact) mass is 306 g/mol. The van der Waals surface area contributed by atoms with Crippen LogP contribution in [0.3, 0.4) is 0 Å². The van der Waals surface area contributed by atoms with E-state index < -0.39 is 17.0 Å². The van der Waals surface area contributed by atoms with Crippen LogP contribution in [0.15, 0.2) is 24.3 Å². The number of aryl methyl sites for hydroxylation is 1. The summed E-state index contributed by atoms with van der Waals surface area (Å²) < 4.78 is 10.5. The molecule has 0 spiro atoms. The maximum absolute atomic E-state index is 11.9. The van der Waals surface area contributed by atoms with Crippen LogP contribution in [0.5, 0.6) is 0 Å². The molecule has 0 heterocycles. The van der Waals surface area contributed by atoms with E-state index in [1.807, 2.05) is 52.0 Å². The van der Waals surface area contributed by atoms with Gasteiger partial charge in [0.05, 0.1) is 5.41 Å². The first-order valence-electron chi connectivity index (χ1n) is 7.54. The fraction of sp³-hybridized carbons (Fsp3) is 0.556. The number of rotatable bonds is 6. The molecular formula is C18H26O4. The third kappa shape index (κ3) is 4.86. The van der Waals surface area contributed by atoms with Crippen LogP contribution in [0.1, 0.15) is 52.2 Å². The summed E-state index contributed by atoms with van der Waals surface area (Å²) in [6, 6.07) is 7.78. The van der Waals surface area contributed by atoms with Crippen molar-refractivity contribution in [1.29, 1.82) is 0 Å². The molecule has 4 heteroatoms. The van der Waals surface area contributed by atoms with Gasteiger partial charge in [-0.2, -0.15) is 0 Å². The van der Waals surface area contributed by atoms with Crippen LogP contribution in [-0.2, 0) is 24.7 Å². The molecule has 22 heavy (non-hydrogen) atoms. The quantitative estimate of drug-likeness (QED) is 0.751. The molecule has 0 N–H and O–H groups in total. The van der Waals surface area contributed by atoms with Gasteiger partial charge >= 0.3 is 11.9 Å². The first kappa shape index (κ1) is 18.2. The van der Waals surface area contributed by atoms with Gasteiger partial charge in [0.1, 0.15) is 5.60 Å². The first-order valence-corrected chi connectivity index (χ1v) is 7.54. The second-order valence-corrected chi connectivity index (χ2v) is 6.66. The maximum Gasteiger partial charge on any atom is 0.345 e. The summed E-state index contributed by atoms with van der Waals surface area (Å²) in [4.78, 5) is 23.8. The molecule has 0 aliphatic carbocycles. The Hall–Kier alpha value is -1.84. The molecule has 122 valence electrons. The summed E-state index contributed by atoms with van der Waals surface area (Å²) in [5.74, 6) is -0.939. The van der Waals surface area contributed by atoms with Crippen LogP contribution in [0.25, 0.3) is 0 Å². The lowest BCUT2D eigenvalue weighted by atomic mass is 9.91. The Morgan fingerprint density at radius 1 is 1.05 bits per heavy atom. The van der Waals surface area contributed by atoms with Crippen molar-refractivity contribution in [2.45, 2.75) is 53.6 Å². The third-order valence-corrected chi connectivity index (χ3v) is 3.87. The van der Waals surface area contributed by atoms with Crippen molar-refractivity contribution in [3.63, 3.8) is 0 Å². The summed E-state index contributed by atoms with van der Waals surface area (Å²) in [6.45, 7) is 10.7. The van der Waals surface area contributed by atoms with Crippen molar-refractivity contribution in [3.05, 3.63) is 35.4 Å². The molecule has 0 fully saturated rings. The van der Waals surface area contributed by atoms with E-state index in [4.69, 9.17) is 9.47 Å². The summed E-state index contributed by atoms with van der Waals surface area (Å²) in [7, 11) is 0. The van der Waals surface area contributed by atoms with Crippen molar-refractivity contribution < 1.29 is 19.1 Å². The van der Waals surface area contributed by atoms with Crippen molar-refractivity contribution in [3.8, 4) is 0 Å². The van der Waals surface area contributed by atoms with Crippen LogP contribution in [-0.4, -0.2) is 18.5 Å². The minimum Gasteiger partial charge on any atom is -0.453 e. The molecule has 0 aliphatic rings. The number of hydrogen-bond donors (Lipinski definition) is 0. The molecule has 0 aromatic heterocycles. The molecular weight excluding hydrogens is 280 g/mol. The number of carbonyl (C=O) groups excluding carboxylic acids is 2. The van der Waals surface area contributed by atoms with Gasteiger partial charge in [-0.15, -0.1) is 0 Å². The van der Waals surface area contributed by atoms with E-state index in [1.165, 1.54) is 0 Å². The lowest BCUT2D eigenvalue weighted by molar-refractivity contribution is -0.172. The number of benzene rings is 1. The van der Waals surface area contributed by atoms with Gasteiger partial charge in [0.15, 0.2) is 6.61 Å². The Bertz CT molecular complexity index is 527. The van der Waals surface area contributed by atoms with E-state index in [-0.39, 0.29) is 12.6 Å². The average Bonchev–Trinajstić information content (AvgIpc) is 2.44. The molecule has 0 saturated carbocycles.